The van der Waals surface area contributed by atoms with Gasteiger partial charge in [-0.15, -0.1) is 0 Å². The van der Waals surface area contributed by atoms with E-state index in [0.717, 1.165) is 5.75 Å². The summed E-state index contributed by atoms with van der Waals surface area (Å²) >= 11 is 1.78. The lowest BCUT2D eigenvalue weighted by molar-refractivity contribution is 0.730. The Kier molecular flexibility index (Phi) is 4.20. The van der Waals surface area contributed by atoms with Crippen molar-refractivity contribution in [3.8, 4) is 5.95 Å². The van der Waals surface area contributed by atoms with Crippen molar-refractivity contribution in [3.05, 3.63) is 18.7 Å². The Balaban J connectivity index is 2.31. The number of thioether (sulfide) groups is 1. The minimum absolute atomic E-state index is 0.205. The summed E-state index contributed by atoms with van der Waals surface area (Å²) in [5.74, 6) is 2.24. The van der Waals surface area contributed by atoms with Gasteiger partial charge >= 0.3 is 0 Å². The van der Waals surface area contributed by atoms with Crippen LogP contribution < -0.4 is 10.6 Å². The number of nitrogen functional groups attached to an aromatic ring is 1. The van der Waals surface area contributed by atoms with Crippen LogP contribution in [0.2, 0.25) is 0 Å². The SMILES string of the molecule is CSCC(C)N(C)c1nc(N)nc(-n2ccnc2)n1. The van der Waals surface area contributed by atoms with Crippen LogP contribution in [0.15, 0.2) is 18.7 Å². The van der Waals surface area contributed by atoms with Gasteiger partial charge < -0.3 is 10.6 Å². The Labute approximate surface area is 116 Å². The van der Waals surface area contributed by atoms with E-state index in [1.807, 2.05) is 11.9 Å². The second-order valence-corrected chi connectivity index (χ2v) is 5.09. The second-order valence-electron chi connectivity index (χ2n) is 4.18. The average molecular weight is 279 g/mol. The van der Waals surface area contributed by atoms with Gasteiger partial charge in [-0.2, -0.15) is 26.7 Å². The summed E-state index contributed by atoms with van der Waals surface area (Å²) in [6.45, 7) is 2.12. The third kappa shape index (κ3) is 3.14. The summed E-state index contributed by atoms with van der Waals surface area (Å²) < 4.78 is 1.70. The lowest BCUT2D eigenvalue weighted by atomic mass is 10.3. The van der Waals surface area contributed by atoms with E-state index in [-0.39, 0.29) is 5.95 Å². The molecule has 1 unspecified atom stereocenters. The molecule has 2 aromatic rings. The maximum Gasteiger partial charge on any atom is 0.241 e. The Morgan fingerprint density at radius 1 is 1.42 bits per heavy atom. The van der Waals surface area contributed by atoms with Gasteiger partial charge in [-0.05, 0) is 13.2 Å². The van der Waals surface area contributed by atoms with Crippen LogP contribution in [0.5, 0.6) is 0 Å². The highest BCUT2D eigenvalue weighted by molar-refractivity contribution is 7.98. The molecule has 0 saturated heterocycles. The van der Waals surface area contributed by atoms with Gasteiger partial charge in [0.15, 0.2) is 0 Å². The van der Waals surface area contributed by atoms with E-state index in [1.165, 1.54) is 0 Å². The minimum Gasteiger partial charge on any atom is -0.368 e. The quantitative estimate of drug-likeness (QED) is 0.867. The fourth-order valence-corrected chi connectivity index (χ4v) is 2.28. The smallest absolute Gasteiger partial charge is 0.241 e. The lowest BCUT2D eigenvalue weighted by Gasteiger charge is -2.24. The molecule has 19 heavy (non-hydrogen) atoms. The first-order chi connectivity index (χ1) is 9.11. The van der Waals surface area contributed by atoms with E-state index < -0.39 is 0 Å². The number of aromatic nitrogens is 5. The number of hydrogen-bond donors (Lipinski definition) is 1. The molecule has 0 aromatic carbocycles. The molecule has 102 valence electrons. The van der Waals surface area contributed by atoms with Crippen LogP contribution in [0.25, 0.3) is 5.95 Å². The van der Waals surface area contributed by atoms with Gasteiger partial charge in [-0.3, -0.25) is 4.57 Å². The summed E-state index contributed by atoms with van der Waals surface area (Å²) in [4.78, 5) is 18.7. The fourth-order valence-electron chi connectivity index (χ4n) is 1.57. The molecule has 2 N–H and O–H groups in total. The molecule has 0 saturated carbocycles. The molecule has 7 nitrogen and oxygen atoms in total. The van der Waals surface area contributed by atoms with Crippen molar-refractivity contribution in [3.63, 3.8) is 0 Å². The average Bonchev–Trinajstić information content (AvgIpc) is 2.91. The van der Waals surface area contributed by atoms with Crippen molar-refractivity contribution in [2.24, 2.45) is 0 Å². The van der Waals surface area contributed by atoms with Gasteiger partial charge in [0.05, 0.1) is 0 Å². The molecule has 2 aromatic heterocycles. The third-order valence-corrected chi connectivity index (χ3v) is 3.56. The van der Waals surface area contributed by atoms with Crippen molar-refractivity contribution in [2.45, 2.75) is 13.0 Å². The van der Waals surface area contributed by atoms with Crippen molar-refractivity contribution >= 4 is 23.7 Å². The maximum atomic E-state index is 5.75. The Morgan fingerprint density at radius 2 is 2.21 bits per heavy atom. The van der Waals surface area contributed by atoms with Gasteiger partial charge in [-0.25, -0.2) is 4.98 Å². The molecule has 0 fully saturated rings. The third-order valence-electron chi connectivity index (χ3n) is 2.75. The highest BCUT2D eigenvalue weighted by atomic mass is 32.2. The van der Waals surface area contributed by atoms with E-state index in [2.05, 4.69) is 33.1 Å². The van der Waals surface area contributed by atoms with Crippen LogP contribution in [0.4, 0.5) is 11.9 Å². The molecule has 2 heterocycles. The molecule has 8 heteroatoms. The zero-order valence-corrected chi connectivity index (χ0v) is 12.0. The summed E-state index contributed by atoms with van der Waals surface area (Å²) in [6, 6.07) is 0.312. The Hall–Kier alpha value is -1.83. The van der Waals surface area contributed by atoms with Gasteiger partial charge in [-0.1, -0.05) is 0 Å². The molecule has 1 atom stereocenters. The summed E-state index contributed by atoms with van der Waals surface area (Å²) in [6.07, 6.45) is 7.14. The van der Waals surface area contributed by atoms with Gasteiger partial charge in [0, 0.05) is 31.2 Å². The van der Waals surface area contributed by atoms with Crippen molar-refractivity contribution < 1.29 is 0 Å². The number of imidazole rings is 1. The fraction of sp³-hybridized carbons (Fsp3) is 0.455. The molecule has 0 radical (unpaired) electrons. The summed E-state index contributed by atoms with van der Waals surface area (Å²) in [5.41, 5.74) is 5.75. The molecule has 2 rings (SSSR count). The van der Waals surface area contributed by atoms with E-state index in [0.29, 0.717) is 17.9 Å². The van der Waals surface area contributed by atoms with E-state index in [9.17, 15) is 0 Å². The van der Waals surface area contributed by atoms with Crippen molar-refractivity contribution in [1.29, 1.82) is 0 Å². The normalized spacial score (nSPS) is 12.4. The molecule has 0 aliphatic heterocycles. The minimum atomic E-state index is 0.205. The molecule has 0 amide bonds. The van der Waals surface area contributed by atoms with Crippen LogP contribution in [-0.4, -0.2) is 49.6 Å². The Bertz CT molecular complexity index is 528. The van der Waals surface area contributed by atoms with Crippen molar-refractivity contribution in [1.82, 2.24) is 24.5 Å². The zero-order valence-electron chi connectivity index (χ0n) is 11.2. The number of anilines is 2. The number of nitrogens with two attached hydrogens (primary N) is 1. The van der Waals surface area contributed by atoms with E-state index in [4.69, 9.17) is 5.73 Å². The molecule has 0 aliphatic carbocycles. The van der Waals surface area contributed by atoms with Gasteiger partial charge in [0.2, 0.25) is 17.8 Å². The van der Waals surface area contributed by atoms with Gasteiger partial charge in [0.25, 0.3) is 0 Å². The van der Waals surface area contributed by atoms with E-state index in [1.54, 1.807) is 35.0 Å². The maximum absolute atomic E-state index is 5.75. The van der Waals surface area contributed by atoms with Crippen LogP contribution in [0, 0.1) is 0 Å². The van der Waals surface area contributed by atoms with Crippen LogP contribution in [-0.2, 0) is 0 Å². The highest BCUT2D eigenvalue weighted by Crippen LogP contribution is 2.14. The Morgan fingerprint density at radius 3 is 2.84 bits per heavy atom. The first kappa shape index (κ1) is 13.6. The topological polar surface area (TPSA) is 85.8 Å². The number of nitrogens with zero attached hydrogens (tertiary/aromatic N) is 6. The first-order valence-corrected chi connectivity index (χ1v) is 7.23. The largest absolute Gasteiger partial charge is 0.368 e. The summed E-state index contributed by atoms with van der Waals surface area (Å²) in [5, 5.41) is 0. The molecule has 0 bridgehead atoms. The molecule has 0 spiro atoms. The number of rotatable bonds is 5. The van der Waals surface area contributed by atoms with E-state index >= 15 is 0 Å². The van der Waals surface area contributed by atoms with Crippen LogP contribution in [0.1, 0.15) is 6.92 Å². The van der Waals surface area contributed by atoms with Gasteiger partial charge in [0.1, 0.15) is 6.33 Å². The highest BCUT2D eigenvalue weighted by Gasteiger charge is 2.15. The molecular formula is C11H17N7S. The molecule has 0 aliphatic rings. The summed E-state index contributed by atoms with van der Waals surface area (Å²) in [7, 11) is 1.95. The second kappa shape index (κ2) is 5.87. The van der Waals surface area contributed by atoms with Crippen LogP contribution in [0.3, 0.4) is 0 Å². The predicted octanol–water partition coefficient (Wildman–Crippen LogP) is 0.827. The monoisotopic (exact) mass is 279 g/mol. The van der Waals surface area contributed by atoms with Crippen molar-refractivity contribution in [2.75, 3.05) is 29.7 Å². The van der Waals surface area contributed by atoms with Crippen LogP contribution >= 0.6 is 11.8 Å². The lowest BCUT2D eigenvalue weighted by Crippen LogP contribution is -2.33. The first-order valence-electron chi connectivity index (χ1n) is 5.83. The number of hydrogen-bond acceptors (Lipinski definition) is 7. The predicted molar refractivity (Wildman–Crippen MR) is 77.6 cm³/mol. The zero-order chi connectivity index (χ0) is 13.8. The molecular weight excluding hydrogens is 262 g/mol. The standard InChI is InChI=1S/C11H17N7S/c1-8(6-19-3)17(2)10-14-9(12)15-11(16-10)18-5-4-13-7-18/h4-5,7-8H,6H2,1-3H3,(H2,12,14,15,16).